The first-order valence-electron chi connectivity index (χ1n) is 12.7. The first-order chi connectivity index (χ1) is 19.1. The molecule has 2 unspecified atom stereocenters. The van der Waals surface area contributed by atoms with E-state index in [1.165, 1.54) is 7.11 Å². The average molecular weight is 593 g/mol. The quantitative estimate of drug-likeness (QED) is 0.290. The largest absolute Gasteiger partial charge is 2.00 e. The zero-order valence-electron chi connectivity index (χ0n) is 21.9. The molecule has 0 bridgehead atoms. The number of aromatic nitrogens is 1. The summed E-state index contributed by atoms with van der Waals surface area (Å²) in [7, 11) is 1.41. The fourth-order valence-corrected chi connectivity index (χ4v) is 5.18. The minimum Gasteiger partial charge on any atom is -0.467 e. The summed E-state index contributed by atoms with van der Waals surface area (Å²) in [6.45, 7) is 1.26. The third-order valence-electron chi connectivity index (χ3n) is 6.80. The third kappa shape index (κ3) is 6.48. The summed E-state index contributed by atoms with van der Waals surface area (Å²) in [4.78, 5) is 24.6. The number of carbonyl (C=O) groups excluding carboxylic acids is 1. The molecule has 0 spiro atoms. The molecule has 0 amide bonds. The molecule has 6 nitrogen and oxygen atoms in total. The van der Waals surface area contributed by atoms with Crippen molar-refractivity contribution in [2.45, 2.75) is 11.6 Å². The zero-order valence-corrected chi connectivity index (χ0v) is 23.8. The summed E-state index contributed by atoms with van der Waals surface area (Å²) in [5, 5.41) is 5.17. The van der Waals surface area contributed by atoms with Gasteiger partial charge < -0.3 is 15.0 Å². The van der Waals surface area contributed by atoms with Crippen LogP contribution in [0, 0.1) is 63.7 Å². The van der Waals surface area contributed by atoms with E-state index in [4.69, 9.17) is 21.3 Å². The van der Waals surface area contributed by atoms with Crippen molar-refractivity contribution in [2.75, 3.05) is 25.5 Å². The van der Waals surface area contributed by atoms with E-state index < -0.39 is 5.54 Å². The minimum absolute atomic E-state index is 0. The van der Waals surface area contributed by atoms with E-state index >= 15 is 0 Å². The Morgan fingerprint density at radius 1 is 1.00 bits per heavy atom. The van der Waals surface area contributed by atoms with Gasteiger partial charge in [-0.2, -0.15) is 0 Å². The number of methoxy groups -OCH3 is 1. The van der Waals surface area contributed by atoms with Crippen LogP contribution in [0.4, 0.5) is 5.69 Å². The van der Waals surface area contributed by atoms with Crippen LogP contribution in [0.2, 0.25) is 5.02 Å². The number of nitrogens with one attached hydrogen (secondary N) is 1. The van der Waals surface area contributed by atoms with Crippen LogP contribution in [-0.4, -0.2) is 48.4 Å². The van der Waals surface area contributed by atoms with Crippen LogP contribution in [-0.2, 0) is 32.1 Å². The second-order valence-corrected chi connectivity index (χ2v) is 9.57. The van der Waals surface area contributed by atoms with Crippen molar-refractivity contribution in [3.8, 4) is 0 Å². The van der Waals surface area contributed by atoms with Crippen LogP contribution >= 0.6 is 11.6 Å². The van der Waals surface area contributed by atoms with Gasteiger partial charge in [0, 0.05) is 41.3 Å². The van der Waals surface area contributed by atoms with Crippen molar-refractivity contribution in [2.24, 2.45) is 4.99 Å². The molecule has 202 valence electrons. The first-order valence-corrected chi connectivity index (χ1v) is 13.1. The number of esters is 1. The van der Waals surface area contributed by atoms with Gasteiger partial charge in [0.05, 0.1) is 25.0 Å². The molecule has 0 saturated heterocycles. The minimum atomic E-state index is -1.18. The summed E-state index contributed by atoms with van der Waals surface area (Å²) < 4.78 is 5.29. The number of nitrogens with zero attached hydrogens (tertiary/aromatic N) is 3. The van der Waals surface area contributed by atoms with E-state index in [0.717, 1.165) is 28.1 Å². The Balaban J connectivity index is 0.000000557. The van der Waals surface area contributed by atoms with E-state index in [9.17, 15) is 4.79 Å². The Morgan fingerprint density at radius 3 is 2.38 bits per heavy atom. The second-order valence-electron chi connectivity index (χ2n) is 9.14. The van der Waals surface area contributed by atoms with Gasteiger partial charge in [-0.1, -0.05) is 41.9 Å². The fourth-order valence-electron chi connectivity index (χ4n) is 5.01. The molecule has 3 aromatic rings. The molecule has 2 heterocycles. The average Bonchev–Trinajstić information content (AvgIpc) is 3.76. The van der Waals surface area contributed by atoms with Gasteiger partial charge in [-0.15, -0.1) is 0 Å². The second kappa shape index (κ2) is 14.3. The number of ether oxygens (including phenoxy) is 1. The number of hydrogen-bond donors (Lipinski definition) is 1. The number of pyridine rings is 1. The van der Waals surface area contributed by atoms with Crippen molar-refractivity contribution < 1.29 is 26.6 Å². The summed E-state index contributed by atoms with van der Waals surface area (Å²) >= 11 is 6.12. The molecule has 1 aliphatic heterocycles. The molecule has 2 aromatic carbocycles. The third-order valence-corrected chi connectivity index (χ3v) is 7.03. The molecule has 2 fully saturated rings. The standard InChI is InChI=1S/C27H24ClN4O2.C5H5.Fe/c1-34-26(33)27(20-9-3-2-4-10-20)25(19-7-5-6-8-19)32(18-31-27)16-15-30-23-13-14-29-24-17-21(28)11-12-22(23)24;1-2-4-5-3-1;/h2-14,17-18,25H,15-16H2,1H3,(H,29,30);1-5H;/q;;+2. The van der Waals surface area contributed by atoms with Gasteiger partial charge in [-0.3, -0.25) is 9.98 Å². The van der Waals surface area contributed by atoms with Crippen molar-refractivity contribution in [1.82, 2.24) is 9.88 Å². The SMILES string of the molecule is COC(=O)C1(c2ccccc2)N=CN(CCNc2ccnc3cc(Cl)ccc23)C1[C]1[CH][CH][CH][CH]1.[CH]1[CH][CH][CH][CH]1.[Fe+2]. The molecule has 6 rings (SSSR count). The van der Waals surface area contributed by atoms with E-state index in [-0.39, 0.29) is 29.1 Å². The molecule has 3 aliphatic rings. The summed E-state index contributed by atoms with van der Waals surface area (Å²) in [6, 6.07) is 16.9. The van der Waals surface area contributed by atoms with Crippen molar-refractivity contribution in [1.29, 1.82) is 0 Å². The Hall–Kier alpha value is -2.60. The van der Waals surface area contributed by atoms with Crippen molar-refractivity contribution in [3.63, 3.8) is 0 Å². The molecule has 2 aliphatic carbocycles. The monoisotopic (exact) mass is 592 g/mol. The number of hydrogen-bond acceptors (Lipinski definition) is 6. The molecule has 10 radical (unpaired) electrons. The number of halogens is 1. The topological polar surface area (TPSA) is 66.8 Å². The number of carbonyl (C=O) groups is 1. The van der Waals surface area contributed by atoms with Crippen LogP contribution < -0.4 is 5.32 Å². The number of rotatable bonds is 7. The van der Waals surface area contributed by atoms with Crippen LogP contribution in [0.1, 0.15) is 5.56 Å². The molecule has 2 atom stereocenters. The van der Waals surface area contributed by atoms with Gasteiger partial charge >= 0.3 is 23.0 Å². The number of anilines is 1. The van der Waals surface area contributed by atoms with Gasteiger partial charge in [-0.25, -0.2) is 4.79 Å². The maximum atomic E-state index is 13.3. The molecule has 2 saturated carbocycles. The first kappa shape index (κ1) is 30.4. The Morgan fingerprint density at radius 2 is 1.70 bits per heavy atom. The van der Waals surface area contributed by atoms with Gasteiger partial charge in [0.25, 0.3) is 0 Å². The maximum Gasteiger partial charge on any atom is 2.00 e. The van der Waals surface area contributed by atoms with E-state index in [1.807, 2.05) is 112 Å². The number of fused-ring (bicyclic) bond motifs is 1. The van der Waals surface area contributed by atoms with E-state index in [0.29, 0.717) is 18.1 Å². The number of benzene rings is 2. The summed E-state index contributed by atoms with van der Waals surface area (Å²) in [5.41, 5.74) is 1.44. The van der Waals surface area contributed by atoms with Crippen LogP contribution in [0.15, 0.2) is 65.8 Å². The molecule has 8 heteroatoms. The zero-order chi connectivity index (χ0) is 27.1. The van der Waals surface area contributed by atoms with Crippen LogP contribution in [0.3, 0.4) is 0 Å². The van der Waals surface area contributed by atoms with Gasteiger partial charge in [-0.05, 0) is 87.6 Å². The van der Waals surface area contributed by atoms with Gasteiger partial charge in [0.2, 0.25) is 5.54 Å². The Labute approximate surface area is 253 Å². The Bertz CT molecular complexity index is 1270. The summed E-state index contributed by atoms with van der Waals surface area (Å²) in [6.07, 6.45) is 21.5. The fraction of sp³-hybridized carbons (Fsp3) is 0.156. The molecular formula is C32H29ClFeN4O2+2. The van der Waals surface area contributed by atoms with Gasteiger partial charge in [0.15, 0.2) is 0 Å². The Kier molecular flexibility index (Phi) is 10.9. The summed E-state index contributed by atoms with van der Waals surface area (Å²) in [5.74, 6) is 0.629. The van der Waals surface area contributed by atoms with Crippen molar-refractivity contribution in [3.05, 3.63) is 135 Å². The van der Waals surface area contributed by atoms with Crippen LogP contribution in [0.5, 0.6) is 0 Å². The molecule has 40 heavy (non-hydrogen) atoms. The smallest absolute Gasteiger partial charge is 0.467 e. The molecule has 1 aromatic heterocycles. The molecule has 1 N–H and O–H groups in total. The van der Waals surface area contributed by atoms with Crippen LogP contribution in [0.25, 0.3) is 10.9 Å². The van der Waals surface area contributed by atoms with E-state index in [2.05, 4.69) is 15.2 Å². The normalized spacial score (nSPS) is 22.1. The van der Waals surface area contributed by atoms with E-state index in [1.54, 1.807) is 12.5 Å². The predicted octanol–water partition coefficient (Wildman–Crippen LogP) is 5.51. The predicted molar refractivity (Wildman–Crippen MR) is 156 cm³/mol. The number of aliphatic imine (C=N–C) groups is 1. The maximum absolute atomic E-state index is 13.3. The van der Waals surface area contributed by atoms with Crippen molar-refractivity contribution >= 4 is 40.5 Å². The van der Waals surface area contributed by atoms with Gasteiger partial charge in [0.1, 0.15) is 0 Å². The molecular weight excluding hydrogens is 564 g/mol.